The van der Waals surface area contributed by atoms with Crippen LogP contribution < -0.4 is 9.47 Å². The van der Waals surface area contributed by atoms with Gasteiger partial charge in [0.05, 0.1) is 11.8 Å². The predicted molar refractivity (Wildman–Crippen MR) is 147 cm³/mol. The Balaban J connectivity index is 1.21. The van der Waals surface area contributed by atoms with Gasteiger partial charge in [-0.25, -0.2) is 5.01 Å². The number of benzene rings is 5. The third-order valence-corrected chi connectivity index (χ3v) is 7.21. The number of nitrogens with zero attached hydrogens (tertiary/aromatic N) is 2. The maximum Gasteiger partial charge on any atom is 0.213 e. The Labute approximate surface area is 216 Å². The van der Waals surface area contributed by atoms with Crippen LogP contribution in [0, 0.1) is 0 Å². The smallest absolute Gasteiger partial charge is 0.213 e. The minimum Gasteiger partial charge on any atom is -0.489 e. The molecule has 0 amide bonds. The van der Waals surface area contributed by atoms with Crippen LogP contribution in [0.2, 0.25) is 0 Å². The normalized spacial score (nSPS) is 18.1. The molecule has 180 valence electrons. The molecular formula is C33H26N2O2. The van der Waals surface area contributed by atoms with E-state index in [9.17, 15) is 0 Å². The van der Waals surface area contributed by atoms with E-state index in [0.29, 0.717) is 6.61 Å². The molecule has 0 aliphatic carbocycles. The van der Waals surface area contributed by atoms with Crippen LogP contribution in [-0.4, -0.2) is 10.7 Å². The Morgan fingerprint density at radius 3 is 2.41 bits per heavy atom. The monoisotopic (exact) mass is 482 g/mol. The van der Waals surface area contributed by atoms with Crippen LogP contribution in [0.15, 0.2) is 126 Å². The molecule has 0 saturated heterocycles. The van der Waals surface area contributed by atoms with E-state index in [-0.39, 0.29) is 12.3 Å². The zero-order valence-corrected chi connectivity index (χ0v) is 20.3. The van der Waals surface area contributed by atoms with Crippen LogP contribution in [0.3, 0.4) is 0 Å². The molecule has 0 N–H and O–H groups in total. The van der Waals surface area contributed by atoms with Crippen LogP contribution in [0.5, 0.6) is 11.5 Å². The molecule has 4 nitrogen and oxygen atoms in total. The number of hydrogen-bond donors (Lipinski definition) is 0. The Morgan fingerprint density at radius 1 is 0.757 bits per heavy atom. The van der Waals surface area contributed by atoms with Crippen LogP contribution in [0.4, 0.5) is 0 Å². The van der Waals surface area contributed by atoms with Gasteiger partial charge in [-0.1, -0.05) is 91.0 Å². The van der Waals surface area contributed by atoms with Gasteiger partial charge in [0, 0.05) is 23.1 Å². The van der Waals surface area contributed by atoms with Crippen LogP contribution >= 0.6 is 0 Å². The summed E-state index contributed by atoms with van der Waals surface area (Å²) < 4.78 is 12.6. The zero-order chi connectivity index (χ0) is 24.6. The lowest BCUT2D eigenvalue weighted by Gasteiger charge is -2.38. The summed E-state index contributed by atoms with van der Waals surface area (Å²) in [6.07, 6.45) is 0.527. The molecule has 0 unspecified atom stereocenters. The van der Waals surface area contributed by atoms with Crippen LogP contribution in [0.25, 0.3) is 10.8 Å². The molecule has 2 aliphatic rings. The first-order valence-electron chi connectivity index (χ1n) is 12.7. The molecule has 0 fully saturated rings. The fourth-order valence-electron chi connectivity index (χ4n) is 5.36. The van der Waals surface area contributed by atoms with E-state index in [1.54, 1.807) is 0 Å². The second-order valence-corrected chi connectivity index (χ2v) is 9.52. The molecule has 0 radical (unpaired) electrons. The van der Waals surface area contributed by atoms with Crippen molar-refractivity contribution < 1.29 is 9.47 Å². The minimum atomic E-state index is -0.310. The second kappa shape index (κ2) is 9.14. The molecule has 0 bridgehead atoms. The lowest BCUT2D eigenvalue weighted by molar-refractivity contribution is -0.0190. The summed E-state index contributed by atoms with van der Waals surface area (Å²) in [5.41, 5.74) is 5.66. The van der Waals surface area contributed by atoms with Gasteiger partial charge >= 0.3 is 0 Å². The Kier molecular flexibility index (Phi) is 5.36. The van der Waals surface area contributed by atoms with Crippen molar-refractivity contribution in [3.05, 3.63) is 144 Å². The van der Waals surface area contributed by atoms with Gasteiger partial charge in [-0.15, -0.1) is 0 Å². The highest BCUT2D eigenvalue weighted by Gasteiger charge is 2.41. The maximum atomic E-state index is 6.55. The average Bonchev–Trinajstić information content (AvgIpc) is 3.42. The first-order chi connectivity index (χ1) is 18.3. The van der Waals surface area contributed by atoms with Gasteiger partial charge in [0.25, 0.3) is 0 Å². The largest absolute Gasteiger partial charge is 0.489 e. The third-order valence-electron chi connectivity index (χ3n) is 7.21. The quantitative estimate of drug-likeness (QED) is 0.258. The van der Waals surface area contributed by atoms with E-state index in [1.807, 2.05) is 36.4 Å². The molecule has 5 aromatic carbocycles. The molecule has 37 heavy (non-hydrogen) atoms. The average molecular weight is 483 g/mol. The lowest BCUT2D eigenvalue weighted by Crippen LogP contribution is -2.33. The van der Waals surface area contributed by atoms with Crippen LogP contribution in [0.1, 0.15) is 40.9 Å². The summed E-state index contributed by atoms with van der Waals surface area (Å²) >= 11 is 0. The van der Waals surface area contributed by atoms with Gasteiger partial charge in [-0.2, -0.15) is 5.10 Å². The molecule has 0 spiro atoms. The zero-order valence-electron chi connectivity index (χ0n) is 20.3. The van der Waals surface area contributed by atoms with Gasteiger partial charge < -0.3 is 9.47 Å². The highest BCUT2D eigenvalue weighted by Crippen LogP contribution is 2.47. The summed E-state index contributed by atoms with van der Waals surface area (Å²) in [6.45, 7) is 0.542. The maximum absolute atomic E-state index is 6.55. The fourth-order valence-corrected chi connectivity index (χ4v) is 5.36. The summed E-state index contributed by atoms with van der Waals surface area (Å²) in [5, 5.41) is 9.78. The lowest BCUT2D eigenvalue weighted by atomic mass is 9.93. The first-order valence-corrected chi connectivity index (χ1v) is 12.7. The third kappa shape index (κ3) is 4.01. The Morgan fingerprint density at radius 2 is 1.51 bits per heavy atom. The summed E-state index contributed by atoms with van der Waals surface area (Å²) in [7, 11) is 0. The Bertz CT molecular complexity index is 1590. The van der Waals surface area contributed by atoms with Crippen molar-refractivity contribution in [1.82, 2.24) is 5.01 Å². The number of hydrogen-bond acceptors (Lipinski definition) is 4. The van der Waals surface area contributed by atoms with E-state index in [1.165, 1.54) is 21.9 Å². The molecule has 5 aromatic rings. The van der Waals surface area contributed by atoms with Gasteiger partial charge in [0.2, 0.25) is 6.23 Å². The molecule has 0 saturated carbocycles. The van der Waals surface area contributed by atoms with Crippen molar-refractivity contribution in [2.24, 2.45) is 5.10 Å². The highest BCUT2D eigenvalue weighted by atomic mass is 16.5. The predicted octanol–water partition coefficient (Wildman–Crippen LogP) is 7.66. The molecule has 4 heteroatoms. The number of rotatable bonds is 5. The Hall–Kier alpha value is -4.57. The summed E-state index contributed by atoms with van der Waals surface area (Å²) in [4.78, 5) is 0. The molecule has 2 aliphatic heterocycles. The van der Waals surface area contributed by atoms with Gasteiger partial charge in [0.15, 0.2) is 0 Å². The molecule has 0 aromatic heterocycles. The number of hydrazone groups is 1. The van der Waals surface area contributed by atoms with Gasteiger partial charge in [-0.05, 0) is 46.7 Å². The standard InChI is InChI=1S/C33H26N2O2/c1-2-9-23(10-3-1)22-36-26-19-17-25(18-20-26)33-35-31(29-14-6-7-16-32(29)37-33)21-30(34-35)28-15-8-12-24-11-4-5-13-27(24)28/h1-20,31,33H,21-22H2/t31-,33-/m0/s1. The highest BCUT2D eigenvalue weighted by molar-refractivity contribution is 6.11. The van der Waals surface area contributed by atoms with Crippen molar-refractivity contribution in [3.63, 3.8) is 0 Å². The summed E-state index contributed by atoms with van der Waals surface area (Å²) in [5.74, 6) is 1.76. The molecule has 7 rings (SSSR count). The van der Waals surface area contributed by atoms with E-state index < -0.39 is 0 Å². The van der Waals surface area contributed by atoms with Gasteiger partial charge in [-0.3, -0.25) is 0 Å². The van der Waals surface area contributed by atoms with E-state index >= 15 is 0 Å². The number of fused-ring (bicyclic) bond motifs is 4. The molecule has 2 atom stereocenters. The number of para-hydroxylation sites is 1. The second-order valence-electron chi connectivity index (χ2n) is 9.52. The van der Waals surface area contributed by atoms with Crippen molar-refractivity contribution in [2.45, 2.75) is 25.3 Å². The van der Waals surface area contributed by atoms with E-state index in [2.05, 4.69) is 89.9 Å². The van der Waals surface area contributed by atoms with Crippen molar-refractivity contribution >= 4 is 16.5 Å². The van der Waals surface area contributed by atoms with Crippen LogP contribution in [-0.2, 0) is 6.61 Å². The topological polar surface area (TPSA) is 34.1 Å². The molecule has 2 heterocycles. The van der Waals surface area contributed by atoms with E-state index in [4.69, 9.17) is 14.6 Å². The van der Waals surface area contributed by atoms with Crippen molar-refractivity contribution in [3.8, 4) is 11.5 Å². The fraction of sp³-hybridized carbons (Fsp3) is 0.121. The van der Waals surface area contributed by atoms with Crippen molar-refractivity contribution in [2.75, 3.05) is 0 Å². The van der Waals surface area contributed by atoms with E-state index in [0.717, 1.165) is 34.8 Å². The minimum absolute atomic E-state index is 0.123. The van der Waals surface area contributed by atoms with Gasteiger partial charge in [0.1, 0.15) is 18.1 Å². The SMILES string of the molecule is c1ccc(COc2ccc([C@@H]3Oc4ccccc4[C@@H]4CC(c5cccc6ccccc56)=NN43)cc2)cc1. The van der Waals surface area contributed by atoms with Crippen molar-refractivity contribution in [1.29, 1.82) is 0 Å². The first kappa shape index (κ1) is 21.7. The molecular weight excluding hydrogens is 456 g/mol. The number of ether oxygens (including phenoxy) is 2. The summed E-state index contributed by atoms with van der Waals surface area (Å²) in [6, 6.07) is 41.8.